The lowest BCUT2D eigenvalue weighted by Gasteiger charge is -2.10. The van der Waals surface area contributed by atoms with Crippen LogP contribution in [-0.4, -0.2) is 32.4 Å². The van der Waals surface area contributed by atoms with Gasteiger partial charge in [0.2, 0.25) is 0 Å². The molecule has 7 heteroatoms. The zero-order chi connectivity index (χ0) is 21.9. The molecule has 6 nitrogen and oxygen atoms in total. The number of carbonyl (C=O) groups excluding carboxylic acids is 1. The standard InChI is InChI=1S/C24H23ClN2O4/c1-29-21-10-5-11-22(16-21)30-13-6-14-31-23-12-3-2-7-19(23)17-26-27-24(28)18-8-4-9-20(25)15-18/h2-5,7-12,15-17H,6,13-14H2,1H3,(H,27,28)/b26-17+. The molecule has 0 saturated heterocycles. The molecule has 1 amide bonds. The van der Waals surface area contributed by atoms with Crippen molar-refractivity contribution in [3.05, 3.63) is 88.9 Å². The van der Waals surface area contributed by atoms with E-state index in [0.29, 0.717) is 36.0 Å². The van der Waals surface area contributed by atoms with Crippen molar-refractivity contribution in [1.29, 1.82) is 0 Å². The summed E-state index contributed by atoms with van der Waals surface area (Å²) in [6.45, 7) is 0.989. The summed E-state index contributed by atoms with van der Waals surface area (Å²) in [5, 5.41) is 4.52. The van der Waals surface area contributed by atoms with Crippen molar-refractivity contribution in [3.8, 4) is 17.2 Å². The summed E-state index contributed by atoms with van der Waals surface area (Å²) in [5.41, 5.74) is 3.68. The van der Waals surface area contributed by atoms with Crippen molar-refractivity contribution in [1.82, 2.24) is 5.43 Å². The molecule has 0 heterocycles. The maximum atomic E-state index is 12.1. The summed E-state index contributed by atoms with van der Waals surface area (Å²) >= 11 is 5.91. The van der Waals surface area contributed by atoms with Gasteiger partial charge in [-0.3, -0.25) is 4.79 Å². The van der Waals surface area contributed by atoms with Crippen LogP contribution in [0.4, 0.5) is 0 Å². The lowest BCUT2D eigenvalue weighted by Crippen LogP contribution is -2.17. The first kappa shape index (κ1) is 22.2. The van der Waals surface area contributed by atoms with E-state index in [0.717, 1.165) is 17.1 Å². The van der Waals surface area contributed by atoms with Crippen LogP contribution in [0.2, 0.25) is 5.02 Å². The molecule has 0 aliphatic rings. The van der Waals surface area contributed by atoms with E-state index in [1.807, 2.05) is 48.5 Å². The minimum Gasteiger partial charge on any atom is -0.497 e. The van der Waals surface area contributed by atoms with Crippen molar-refractivity contribution in [2.24, 2.45) is 5.10 Å². The Balaban J connectivity index is 1.47. The molecule has 0 bridgehead atoms. The van der Waals surface area contributed by atoms with Crippen molar-refractivity contribution < 1.29 is 19.0 Å². The van der Waals surface area contributed by atoms with Gasteiger partial charge in [-0.25, -0.2) is 5.43 Å². The van der Waals surface area contributed by atoms with E-state index in [2.05, 4.69) is 10.5 Å². The van der Waals surface area contributed by atoms with E-state index in [1.54, 1.807) is 37.6 Å². The summed E-state index contributed by atoms with van der Waals surface area (Å²) in [7, 11) is 1.62. The summed E-state index contributed by atoms with van der Waals surface area (Å²) in [6, 6.07) is 21.6. The number of benzene rings is 3. The number of hydrazone groups is 1. The number of hydrogen-bond donors (Lipinski definition) is 1. The van der Waals surface area contributed by atoms with Crippen LogP contribution >= 0.6 is 11.6 Å². The second-order valence-corrected chi connectivity index (χ2v) is 6.91. The number of amides is 1. The van der Waals surface area contributed by atoms with Crippen LogP contribution in [0, 0.1) is 0 Å². The van der Waals surface area contributed by atoms with Crippen molar-refractivity contribution >= 4 is 23.7 Å². The van der Waals surface area contributed by atoms with E-state index in [1.165, 1.54) is 0 Å². The number of ether oxygens (including phenoxy) is 3. The normalized spacial score (nSPS) is 10.6. The van der Waals surface area contributed by atoms with Gasteiger partial charge in [0, 0.05) is 28.6 Å². The SMILES string of the molecule is COc1cccc(OCCCOc2ccccc2/C=N/NC(=O)c2cccc(Cl)c2)c1. The monoisotopic (exact) mass is 438 g/mol. The molecule has 0 aliphatic heterocycles. The van der Waals surface area contributed by atoms with Crippen LogP contribution in [0.15, 0.2) is 77.9 Å². The number of carbonyl (C=O) groups is 1. The predicted molar refractivity (Wildman–Crippen MR) is 122 cm³/mol. The molecule has 160 valence electrons. The molecule has 0 unspecified atom stereocenters. The van der Waals surface area contributed by atoms with Crippen LogP contribution in [0.25, 0.3) is 0 Å². The fraction of sp³-hybridized carbons (Fsp3) is 0.167. The van der Waals surface area contributed by atoms with Crippen LogP contribution in [0.5, 0.6) is 17.2 Å². The van der Waals surface area contributed by atoms with Gasteiger partial charge < -0.3 is 14.2 Å². The Bertz CT molecular complexity index is 1040. The first-order valence-electron chi connectivity index (χ1n) is 9.73. The van der Waals surface area contributed by atoms with E-state index in [4.69, 9.17) is 25.8 Å². The van der Waals surface area contributed by atoms with E-state index in [-0.39, 0.29) is 5.91 Å². The molecule has 3 aromatic carbocycles. The zero-order valence-electron chi connectivity index (χ0n) is 17.1. The Morgan fingerprint density at radius 3 is 2.58 bits per heavy atom. The molecule has 0 fully saturated rings. The summed E-state index contributed by atoms with van der Waals surface area (Å²) < 4.78 is 16.7. The number of nitrogens with zero attached hydrogens (tertiary/aromatic N) is 1. The second kappa shape index (κ2) is 11.6. The number of para-hydroxylation sites is 1. The molecule has 31 heavy (non-hydrogen) atoms. The number of nitrogens with one attached hydrogen (secondary N) is 1. The molecule has 3 rings (SSSR count). The molecule has 0 atom stereocenters. The third kappa shape index (κ3) is 7.04. The van der Waals surface area contributed by atoms with E-state index >= 15 is 0 Å². The zero-order valence-corrected chi connectivity index (χ0v) is 17.8. The topological polar surface area (TPSA) is 69.2 Å². The maximum absolute atomic E-state index is 12.1. The number of hydrogen-bond acceptors (Lipinski definition) is 5. The molecule has 3 aromatic rings. The molecule has 0 aliphatic carbocycles. The molecule has 0 saturated carbocycles. The Morgan fingerprint density at radius 1 is 0.968 bits per heavy atom. The lowest BCUT2D eigenvalue weighted by atomic mass is 10.2. The van der Waals surface area contributed by atoms with Gasteiger partial charge in [-0.1, -0.05) is 35.9 Å². The Morgan fingerprint density at radius 2 is 1.74 bits per heavy atom. The van der Waals surface area contributed by atoms with Crippen LogP contribution in [0.1, 0.15) is 22.3 Å². The molecule has 0 spiro atoms. The molecule has 0 radical (unpaired) electrons. The summed E-state index contributed by atoms with van der Waals surface area (Å²) in [5.74, 6) is 1.84. The summed E-state index contributed by atoms with van der Waals surface area (Å²) in [4.78, 5) is 12.1. The third-order valence-electron chi connectivity index (χ3n) is 4.23. The van der Waals surface area contributed by atoms with Gasteiger partial charge in [0.1, 0.15) is 17.2 Å². The van der Waals surface area contributed by atoms with Gasteiger partial charge in [0.05, 0.1) is 26.5 Å². The largest absolute Gasteiger partial charge is 0.497 e. The van der Waals surface area contributed by atoms with E-state index in [9.17, 15) is 4.79 Å². The first-order chi connectivity index (χ1) is 15.2. The van der Waals surface area contributed by atoms with E-state index < -0.39 is 0 Å². The second-order valence-electron chi connectivity index (χ2n) is 6.48. The Kier molecular flexibility index (Phi) is 8.31. The Labute approximate surface area is 186 Å². The first-order valence-corrected chi connectivity index (χ1v) is 10.1. The fourth-order valence-corrected chi connectivity index (χ4v) is 2.89. The molecular formula is C24H23ClN2O4. The highest BCUT2D eigenvalue weighted by atomic mass is 35.5. The number of halogens is 1. The lowest BCUT2D eigenvalue weighted by molar-refractivity contribution is 0.0955. The fourth-order valence-electron chi connectivity index (χ4n) is 2.70. The summed E-state index contributed by atoms with van der Waals surface area (Å²) in [6.07, 6.45) is 2.25. The average molecular weight is 439 g/mol. The van der Waals surface area contributed by atoms with Crippen LogP contribution in [-0.2, 0) is 0 Å². The third-order valence-corrected chi connectivity index (χ3v) is 4.47. The maximum Gasteiger partial charge on any atom is 0.271 e. The Hall–Kier alpha value is -3.51. The average Bonchev–Trinajstić information content (AvgIpc) is 2.80. The molecule has 1 N–H and O–H groups in total. The van der Waals surface area contributed by atoms with Crippen molar-refractivity contribution in [2.75, 3.05) is 20.3 Å². The minimum atomic E-state index is -0.341. The molecule has 0 aromatic heterocycles. The number of rotatable bonds is 10. The van der Waals surface area contributed by atoms with Gasteiger partial charge in [0.25, 0.3) is 5.91 Å². The van der Waals surface area contributed by atoms with Crippen LogP contribution in [0.3, 0.4) is 0 Å². The van der Waals surface area contributed by atoms with Crippen molar-refractivity contribution in [2.45, 2.75) is 6.42 Å². The smallest absolute Gasteiger partial charge is 0.271 e. The van der Waals surface area contributed by atoms with Crippen LogP contribution < -0.4 is 19.6 Å². The highest BCUT2D eigenvalue weighted by Crippen LogP contribution is 2.19. The molecular weight excluding hydrogens is 416 g/mol. The van der Waals surface area contributed by atoms with Gasteiger partial charge in [-0.05, 0) is 42.5 Å². The van der Waals surface area contributed by atoms with Gasteiger partial charge in [0.15, 0.2) is 0 Å². The van der Waals surface area contributed by atoms with Gasteiger partial charge in [-0.2, -0.15) is 5.10 Å². The minimum absolute atomic E-state index is 0.341. The van der Waals surface area contributed by atoms with Gasteiger partial charge in [-0.15, -0.1) is 0 Å². The predicted octanol–water partition coefficient (Wildman–Crippen LogP) is 4.96. The van der Waals surface area contributed by atoms with Gasteiger partial charge >= 0.3 is 0 Å². The number of methoxy groups -OCH3 is 1. The van der Waals surface area contributed by atoms with Crippen molar-refractivity contribution in [3.63, 3.8) is 0 Å². The quantitative estimate of drug-likeness (QED) is 0.276. The highest BCUT2D eigenvalue weighted by Gasteiger charge is 2.05. The highest BCUT2D eigenvalue weighted by molar-refractivity contribution is 6.30.